The third kappa shape index (κ3) is 10.7. The van der Waals surface area contributed by atoms with Crippen molar-refractivity contribution in [3.8, 4) is 0 Å². The highest BCUT2D eigenvalue weighted by Gasteiger charge is 2.35. The van der Waals surface area contributed by atoms with E-state index in [1.165, 1.54) is 24.3 Å². The fraction of sp³-hybridized carbons (Fsp3) is 0.146. The van der Waals surface area contributed by atoms with Gasteiger partial charge in [0.05, 0.1) is 27.8 Å². The van der Waals surface area contributed by atoms with Crippen molar-refractivity contribution in [3.63, 3.8) is 0 Å². The van der Waals surface area contributed by atoms with Crippen LogP contribution >= 0.6 is 0 Å². The van der Waals surface area contributed by atoms with Crippen LogP contribution in [0.1, 0.15) is 58.2 Å². The molecule has 0 radical (unpaired) electrons. The molecule has 0 fully saturated rings. The first-order valence-corrected chi connectivity index (χ1v) is 16.1. The Labute approximate surface area is 294 Å². The van der Waals surface area contributed by atoms with E-state index >= 15 is 0 Å². The molecule has 51 heavy (non-hydrogen) atoms. The first-order valence-electron chi connectivity index (χ1n) is 16.1. The Hall–Kier alpha value is -6.55. The summed E-state index contributed by atoms with van der Waals surface area (Å²) in [6.07, 6.45) is -4.32. The standard InChI is InChI=1S/C41H34O10/c42-37(29-16-6-1-7-17-29)47-27-34(49-39(44)31-20-10-3-11-21-31)26-35(50-40(45)32-22-12-4-13-23-32)36(51-41(46)33-24-14-5-15-25-33)28-48-38(43)30-18-8-2-9-19-30/h1-25,34-36H,26-28H2/t34-,35-,36-/m0/s1. The van der Waals surface area contributed by atoms with E-state index in [4.69, 9.17) is 23.7 Å². The topological polar surface area (TPSA) is 132 Å². The van der Waals surface area contributed by atoms with Crippen molar-refractivity contribution >= 4 is 29.8 Å². The van der Waals surface area contributed by atoms with Crippen molar-refractivity contribution in [1.29, 1.82) is 0 Å². The Morgan fingerprint density at radius 2 is 0.647 bits per heavy atom. The molecule has 5 aromatic carbocycles. The molecule has 0 amide bonds. The normalized spacial score (nSPS) is 12.3. The van der Waals surface area contributed by atoms with E-state index in [0.717, 1.165) is 0 Å². The Bertz CT molecular complexity index is 1880. The summed E-state index contributed by atoms with van der Waals surface area (Å²) in [7, 11) is 0. The number of carbonyl (C=O) groups is 5. The molecule has 0 aliphatic heterocycles. The zero-order valence-electron chi connectivity index (χ0n) is 27.4. The zero-order chi connectivity index (χ0) is 35.8. The van der Waals surface area contributed by atoms with Crippen LogP contribution in [0.2, 0.25) is 0 Å². The molecule has 10 heteroatoms. The minimum Gasteiger partial charge on any atom is -0.458 e. The van der Waals surface area contributed by atoms with E-state index in [-0.39, 0.29) is 34.2 Å². The molecule has 0 spiro atoms. The van der Waals surface area contributed by atoms with Crippen LogP contribution in [-0.2, 0) is 23.7 Å². The van der Waals surface area contributed by atoms with Crippen LogP contribution in [0, 0.1) is 0 Å². The molecule has 5 rings (SSSR count). The molecule has 0 aliphatic rings. The molecular formula is C41H34O10. The number of hydrogen-bond acceptors (Lipinski definition) is 10. The summed E-state index contributed by atoms with van der Waals surface area (Å²) in [5, 5.41) is 0. The number of esters is 5. The largest absolute Gasteiger partial charge is 0.458 e. The Kier molecular flexibility index (Phi) is 12.8. The Balaban J connectivity index is 1.47. The summed E-state index contributed by atoms with van der Waals surface area (Å²) in [6.45, 7) is -0.989. The van der Waals surface area contributed by atoms with Gasteiger partial charge in [-0.2, -0.15) is 0 Å². The lowest BCUT2D eigenvalue weighted by Gasteiger charge is -2.29. The highest BCUT2D eigenvalue weighted by Crippen LogP contribution is 2.21. The lowest BCUT2D eigenvalue weighted by Crippen LogP contribution is -2.43. The number of rotatable bonds is 15. The first-order chi connectivity index (χ1) is 24.9. The monoisotopic (exact) mass is 686 g/mol. The molecule has 0 aromatic heterocycles. The van der Waals surface area contributed by atoms with Gasteiger partial charge in [-0.1, -0.05) is 91.0 Å². The fourth-order valence-electron chi connectivity index (χ4n) is 4.90. The second-order valence-electron chi connectivity index (χ2n) is 11.2. The van der Waals surface area contributed by atoms with Crippen LogP contribution in [0.5, 0.6) is 0 Å². The van der Waals surface area contributed by atoms with Gasteiger partial charge in [-0.05, 0) is 60.7 Å². The fourth-order valence-corrected chi connectivity index (χ4v) is 4.90. The van der Waals surface area contributed by atoms with Crippen LogP contribution < -0.4 is 0 Å². The molecule has 0 bridgehead atoms. The molecule has 0 aliphatic carbocycles. The van der Waals surface area contributed by atoms with Crippen molar-refractivity contribution in [2.75, 3.05) is 13.2 Å². The molecule has 0 saturated heterocycles. The van der Waals surface area contributed by atoms with Gasteiger partial charge in [0.15, 0.2) is 6.10 Å². The highest BCUT2D eigenvalue weighted by atomic mass is 16.6. The minimum absolute atomic E-state index is 0.185. The number of ether oxygens (including phenoxy) is 5. The molecule has 258 valence electrons. The van der Waals surface area contributed by atoms with Crippen LogP contribution in [0.4, 0.5) is 0 Å². The number of benzene rings is 5. The van der Waals surface area contributed by atoms with Crippen LogP contribution in [0.3, 0.4) is 0 Å². The predicted octanol–water partition coefficient (Wildman–Crippen LogP) is 6.77. The lowest BCUT2D eigenvalue weighted by atomic mass is 10.1. The average Bonchev–Trinajstić information content (AvgIpc) is 3.19. The maximum absolute atomic E-state index is 13.5. The molecule has 0 heterocycles. The Morgan fingerprint density at radius 1 is 0.353 bits per heavy atom. The summed E-state index contributed by atoms with van der Waals surface area (Å²) in [6, 6.07) is 40.7. The summed E-state index contributed by atoms with van der Waals surface area (Å²) < 4.78 is 28.8. The maximum Gasteiger partial charge on any atom is 0.338 e. The van der Waals surface area contributed by atoms with Gasteiger partial charge in [-0.25, -0.2) is 24.0 Å². The van der Waals surface area contributed by atoms with Crippen molar-refractivity contribution in [2.45, 2.75) is 24.7 Å². The van der Waals surface area contributed by atoms with E-state index in [2.05, 4.69) is 0 Å². The third-order valence-electron chi connectivity index (χ3n) is 7.53. The SMILES string of the molecule is O=C(OC[C@H](C[C@H](OC(=O)c1ccccc1)[C@H](COC(=O)c1ccccc1)OC(=O)c1ccccc1)OC(=O)c1ccccc1)c1ccccc1. The number of carbonyl (C=O) groups excluding carboxylic acids is 5. The van der Waals surface area contributed by atoms with Crippen LogP contribution in [0.25, 0.3) is 0 Å². The molecule has 10 nitrogen and oxygen atoms in total. The van der Waals surface area contributed by atoms with Gasteiger partial charge < -0.3 is 23.7 Å². The molecule has 0 saturated carbocycles. The van der Waals surface area contributed by atoms with Gasteiger partial charge in [0.2, 0.25) is 0 Å². The maximum atomic E-state index is 13.5. The van der Waals surface area contributed by atoms with Gasteiger partial charge in [0, 0.05) is 6.42 Å². The lowest BCUT2D eigenvalue weighted by molar-refractivity contribution is -0.0771. The van der Waals surface area contributed by atoms with E-state index in [1.54, 1.807) is 127 Å². The van der Waals surface area contributed by atoms with Gasteiger partial charge >= 0.3 is 29.8 Å². The van der Waals surface area contributed by atoms with Crippen LogP contribution in [-0.4, -0.2) is 61.4 Å². The molecule has 0 N–H and O–H groups in total. The molecule has 0 unspecified atom stereocenters. The molecular weight excluding hydrogens is 652 g/mol. The van der Waals surface area contributed by atoms with E-state index in [0.29, 0.717) is 0 Å². The van der Waals surface area contributed by atoms with E-state index < -0.39 is 61.4 Å². The van der Waals surface area contributed by atoms with Gasteiger partial charge in [-0.3, -0.25) is 0 Å². The van der Waals surface area contributed by atoms with Gasteiger partial charge in [0.1, 0.15) is 25.4 Å². The van der Waals surface area contributed by atoms with E-state index in [9.17, 15) is 24.0 Å². The average molecular weight is 687 g/mol. The second-order valence-corrected chi connectivity index (χ2v) is 11.2. The quantitative estimate of drug-likeness (QED) is 0.0859. The number of hydrogen-bond donors (Lipinski definition) is 0. The van der Waals surface area contributed by atoms with E-state index in [1.807, 2.05) is 0 Å². The Morgan fingerprint density at radius 3 is 1.02 bits per heavy atom. The smallest absolute Gasteiger partial charge is 0.338 e. The van der Waals surface area contributed by atoms with Crippen LogP contribution in [0.15, 0.2) is 152 Å². The van der Waals surface area contributed by atoms with Gasteiger partial charge in [-0.15, -0.1) is 0 Å². The van der Waals surface area contributed by atoms with Crippen molar-refractivity contribution < 1.29 is 47.7 Å². The molecule has 5 aromatic rings. The summed E-state index contributed by atoms with van der Waals surface area (Å²) in [5.41, 5.74) is 1.10. The zero-order valence-corrected chi connectivity index (χ0v) is 27.4. The predicted molar refractivity (Wildman–Crippen MR) is 185 cm³/mol. The second kappa shape index (κ2) is 18.3. The summed E-state index contributed by atoms with van der Waals surface area (Å²) in [4.78, 5) is 66.1. The van der Waals surface area contributed by atoms with Crippen molar-refractivity contribution in [3.05, 3.63) is 179 Å². The van der Waals surface area contributed by atoms with Crippen molar-refractivity contribution in [2.24, 2.45) is 0 Å². The molecule has 3 atom stereocenters. The minimum atomic E-state index is -1.40. The summed E-state index contributed by atoms with van der Waals surface area (Å²) >= 11 is 0. The third-order valence-corrected chi connectivity index (χ3v) is 7.53. The highest BCUT2D eigenvalue weighted by molar-refractivity contribution is 5.92. The van der Waals surface area contributed by atoms with Gasteiger partial charge in [0.25, 0.3) is 0 Å². The van der Waals surface area contributed by atoms with Crippen molar-refractivity contribution in [1.82, 2.24) is 0 Å². The first kappa shape index (κ1) is 35.7. The summed E-state index contributed by atoms with van der Waals surface area (Å²) in [5.74, 6) is -3.71.